The van der Waals surface area contributed by atoms with Crippen molar-refractivity contribution in [1.82, 2.24) is 5.32 Å². The van der Waals surface area contributed by atoms with Crippen molar-refractivity contribution in [2.75, 3.05) is 26.4 Å². The Morgan fingerprint density at radius 2 is 0.640 bits per heavy atom. The predicted octanol–water partition coefficient (Wildman–Crippen LogP) is 14.1. The van der Waals surface area contributed by atoms with Gasteiger partial charge in [-0.25, -0.2) is 0 Å². The van der Waals surface area contributed by atoms with E-state index in [0.717, 1.165) is 38.5 Å². The number of ether oxygens (including phenoxy) is 6. The Labute approximate surface area is 607 Å². The van der Waals surface area contributed by atoms with Crippen LogP contribution in [0.4, 0.5) is 0 Å². The van der Waals surface area contributed by atoms with Gasteiger partial charge in [0.2, 0.25) is 5.91 Å². The number of hydrogen-bond donors (Lipinski definition) is 12. The fourth-order valence-corrected chi connectivity index (χ4v) is 14.3. The lowest BCUT2D eigenvalue weighted by atomic mass is 9.96. The van der Waals surface area contributed by atoms with Gasteiger partial charge >= 0.3 is 0 Å². The van der Waals surface area contributed by atoms with Crippen LogP contribution in [0, 0.1) is 0 Å². The highest BCUT2D eigenvalue weighted by molar-refractivity contribution is 5.76. The number of carbonyl (C=O) groups is 1. The zero-order valence-electron chi connectivity index (χ0n) is 63.2. The second-order valence-corrected chi connectivity index (χ2v) is 29.9. The number of amides is 1. The molecule has 3 rings (SSSR count). The third kappa shape index (κ3) is 42.0. The minimum atomic E-state index is -1.98. The number of unbranched alkanes of at least 4 members (excludes halogenated alkanes) is 49. The van der Waals surface area contributed by atoms with E-state index < -0.39 is 124 Å². The average Bonchev–Trinajstić information content (AvgIpc) is 0.782. The van der Waals surface area contributed by atoms with E-state index in [1.807, 2.05) is 6.08 Å². The summed E-state index contributed by atoms with van der Waals surface area (Å²) in [4.78, 5) is 13.5. The molecule has 3 fully saturated rings. The maximum Gasteiger partial charge on any atom is 0.220 e. The molecule has 3 aliphatic heterocycles. The lowest BCUT2D eigenvalue weighted by Gasteiger charge is -2.48. The molecule has 0 radical (unpaired) electrons. The fraction of sp³-hybridized carbons (Fsp3) is 0.938. The van der Waals surface area contributed by atoms with Crippen molar-refractivity contribution in [3.63, 3.8) is 0 Å². The maximum atomic E-state index is 13.5. The molecule has 19 nitrogen and oxygen atoms in total. The number of carbonyl (C=O) groups excluding carboxylic acids is 1. The van der Waals surface area contributed by atoms with Gasteiger partial charge in [0.05, 0.1) is 38.6 Å². The standard InChI is InChI=1S/C81H153NO18/c1-3-5-7-9-11-13-15-17-19-21-23-25-27-29-31-32-33-35-37-39-41-43-45-47-49-51-53-55-57-59-69(87)82-64(65(86)58-56-54-52-50-48-46-44-42-40-38-36-34-30-28-26-24-22-20-18-16-14-12-10-8-6-4-2)63-95-79-75(93)72(90)77(67(61-84)97-79)100-81-76(94)73(91)78(68(62-85)98-81)99-80-74(92)71(89)70(88)66(60-83)96-80/h48,50,56,58,64-68,70-81,83-86,88-94H,3-47,49,51-55,57,59-63H2,1-2H3,(H,82,87)/b50-48+,58-56+. The van der Waals surface area contributed by atoms with E-state index in [2.05, 4.69) is 31.3 Å². The summed E-state index contributed by atoms with van der Waals surface area (Å²) in [5, 5.41) is 121. The van der Waals surface area contributed by atoms with Crippen molar-refractivity contribution in [3.8, 4) is 0 Å². The van der Waals surface area contributed by atoms with E-state index >= 15 is 0 Å². The summed E-state index contributed by atoms with van der Waals surface area (Å²) >= 11 is 0. The van der Waals surface area contributed by atoms with Gasteiger partial charge in [0.15, 0.2) is 18.9 Å². The summed E-state index contributed by atoms with van der Waals surface area (Å²) in [5.74, 6) is -0.277. The van der Waals surface area contributed by atoms with Crippen molar-refractivity contribution in [2.24, 2.45) is 0 Å². The van der Waals surface area contributed by atoms with E-state index in [4.69, 9.17) is 28.4 Å². The molecule has 0 saturated carbocycles. The van der Waals surface area contributed by atoms with Crippen LogP contribution in [0.5, 0.6) is 0 Å². The first-order valence-corrected chi connectivity index (χ1v) is 41.6. The Morgan fingerprint density at radius 1 is 0.350 bits per heavy atom. The Kier molecular flexibility index (Phi) is 57.6. The molecule has 0 aromatic heterocycles. The van der Waals surface area contributed by atoms with Crippen LogP contribution in [-0.2, 0) is 33.2 Å². The van der Waals surface area contributed by atoms with Gasteiger partial charge < -0.3 is 89.9 Å². The Morgan fingerprint density at radius 3 is 1.00 bits per heavy atom. The summed E-state index contributed by atoms with van der Waals surface area (Å²) in [7, 11) is 0. The molecular formula is C81H153NO18. The molecule has 12 N–H and O–H groups in total. The van der Waals surface area contributed by atoms with Crippen LogP contribution in [0.2, 0.25) is 0 Å². The zero-order valence-corrected chi connectivity index (χ0v) is 63.2. The Bertz CT molecular complexity index is 1900. The molecule has 0 spiro atoms. The van der Waals surface area contributed by atoms with E-state index in [1.165, 1.54) is 283 Å². The van der Waals surface area contributed by atoms with E-state index in [-0.39, 0.29) is 18.9 Å². The third-order valence-electron chi connectivity index (χ3n) is 21.0. The predicted molar refractivity (Wildman–Crippen MR) is 397 cm³/mol. The number of allylic oxidation sites excluding steroid dienone is 3. The second-order valence-electron chi connectivity index (χ2n) is 29.9. The zero-order chi connectivity index (χ0) is 72.5. The first-order chi connectivity index (χ1) is 48.8. The monoisotopic (exact) mass is 1430 g/mol. The van der Waals surface area contributed by atoms with Crippen LogP contribution in [-0.4, -0.2) is 193 Å². The number of hydrogen-bond acceptors (Lipinski definition) is 18. The van der Waals surface area contributed by atoms with Gasteiger partial charge in [-0.3, -0.25) is 4.79 Å². The van der Waals surface area contributed by atoms with E-state index in [9.17, 15) is 61.0 Å². The highest BCUT2D eigenvalue weighted by atomic mass is 16.8. The average molecular weight is 1430 g/mol. The molecular weight excluding hydrogens is 1270 g/mol. The first kappa shape index (κ1) is 92.5. The molecule has 17 atom stereocenters. The number of rotatable bonds is 67. The molecule has 17 unspecified atom stereocenters. The largest absolute Gasteiger partial charge is 0.394 e. The smallest absolute Gasteiger partial charge is 0.220 e. The normalized spacial score (nSPS) is 26.5. The molecule has 0 bridgehead atoms. The highest BCUT2D eigenvalue weighted by Crippen LogP contribution is 2.33. The Balaban J connectivity index is 1.37. The van der Waals surface area contributed by atoms with Crippen molar-refractivity contribution in [1.29, 1.82) is 0 Å². The van der Waals surface area contributed by atoms with Crippen molar-refractivity contribution in [2.45, 2.75) is 458 Å². The molecule has 3 heterocycles. The lowest BCUT2D eigenvalue weighted by molar-refractivity contribution is -0.379. The molecule has 0 aromatic carbocycles. The molecule has 1 amide bonds. The van der Waals surface area contributed by atoms with Crippen molar-refractivity contribution >= 4 is 5.91 Å². The van der Waals surface area contributed by atoms with Gasteiger partial charge in [-0.05, 0) is 32.1 Å². The molecule has 0 aliphatic carbocycles. The van der Waals surface area contributed by atoms with Crippen LogP contribution in [0.15, 0.2) is 24.3 Å². The number of aliphatic hydroxyl groups is 11. The summed E-state index contributed by atoms with van der Waals surface area (Å²) < 4.78 is 34.5. The van der Waals surface area contributed by atoms with Crippen molar-refractivity contribution < 1.29 is 89.4 Å². The third-order valence-corrected chi connectivity index (χ3v) is 21.0. The summed E-state index contributed by atoms with van der Waals surface area (Å²) in [6.07, 6.45) is 48.9. The second kappa shape index (κ2) is 62.3. The van der Waals surface area contributed by atoms with Crippen LogP contribution >= 0.6 is 0 Å². The SMILES string of the molecule is CCCCCCCCCCCCCCCCCCCCCC/C=C/CC/C=C/C(O)C(COC1OC(CO)C(OC2OC(CO)C(OC3OC(CO)C(O)C(O)C3O)C(O)C2O)C(O)C1O)NC(=O)CCCCCCCCCCCCCCCCCCCCCCCCCCCCCCC. The van der Waals surface area contributed by atoms with Gasteiger partial charge in [-0.15, -0.1) is 0 Å². The lowest BCUT2D eigenvalue weighted by Crippen LogP contribution is -2.66. The van der Waals surface area contributed by atoms with E-state index in [0.29, 0.717) is 12.8 Å². The van der Waals surface area contributed by atoms with Gasteiger partial charge in [-0.1, -0.05) is 340 Å². The number of nitrogens with one attached hydrogen (secondary N) is 1. The highest BCUT2D eigenvalue weighted by Gasteiger charge is 2.54. The minimum absolute atomic E-state index is 0.241. The van der Waals surface area contributed by atoms with E-state index in [1.54, 1.807) is 6.08 Å². The number of aliphatic hydroxyl groups excluding tert-OH is 11. The quantitative estimate of drug-likeness (QED) is 0.0199. The molecule has 100 heavy (non-hydrogen) atoms. The molecule has 19 heteroatoms. The van der Waals surface area contributed by atoms with Crippen LogP contribution in [0.1, 0.15) is 354 Å². The minimum Gasteiger partial charge on any atom is -0.394 e. The molecule has 3 saturated heterocycles. The van der Waals surface area contributed by atoms with Gasteiger partial charge in [0, 0.05) is 6.42 Å². The summed E-state index contributed by atoms with van der Waals surface area (Å²) in [6.45, 7) is 1.78. The maximum absolute atomic E-state index is 13.5. The molecule has 0 aromatic rings. The fourth-order valence-electron chi connectivity index (χ4n) is 14.3. The van der Waals surface area contributed by atoms with Crippen LogP contribution in [0.3, 0.4) is 0 Å². The van der Waals surface area contributed by atoms with Gasteiger partial charge in [-0.2, -0.15) is 0 Å². The first-order valence-electron chi connectivity index (χ1n) is 41.6. The molecule has 590 valence electrons. The molecule has 3 aliphatic rings. The Hall–Kier alpha value is -1.73. The van der Waals surface area contributed by atoms with Gasteiger partial charge in [0.25, 0.3) is 0 Å². The summed E-state index contributed by atoms with van der Waals surface area (Å²) in [5.41, 5.74) is 0. The van der Waals surface area contributed by atoms with Gasteiger partial charge in [0.1, 0.15) is 73.2 Å². The van der Waals surface area contributed by atoms with Crippen LogP contribution in [0.25, 0.3) is 0 Å². The van der Waals surface area contributed by atoms with Crippen LogP contribution < -0.4 is 5.32 Å². The summed E-state index contributed by atoms with van der Waals surface area (Å²) in [6, 6.07) is -0.988. The topological polar surface area (TPSA) is 307 Å². The van der Waals surface area contributed by atoms with Crippen molar-refractivity contribution in [3.05, 3.63) is 24.3 Å².